The minimum atomic E-state index is -1.15. The summed E-state index contributed by atoms with van der Waals surface area (Å²) >= 11 is 0. The Bertz CT molecular complexity index is 1130. The molecule has 10 heteroatoms. The van der Waals surface area contributed by atoms with Crippen molar-refractivity contribution < 1.29 is 24.3 Å². The Balaban J connectivity index is 2.09. The van der Waals surface area contributed by atoms with Crippen LogP contribution in [-0.2, 0) is 23.7 Å². The van der Waals surface area contributed by atoms with E-state index in [1.54, 1.807) is 13.8 Å². The predicted octanol–water partition coefficient (Wildman–Crippen LogP) is 3.10. The first kappa shape index (κ1) is 25.6. The van der Waals surface area contributed by atoms with Gasteiger partial charge in [-0.15, -0.1) is 0 Å². The highest BCUT2D eigenvalue weighted by molar-refractivity contribution is 5.98. The lowest BCUT2D eigenvalue weighted by molar-refractivity contribution is -0.384. The van der Waals surface area contributed by atoms with Crippen LogP contribution in [-0.4, -0.2) is 50.2 Å². The summed E-state index contributed by atoms with van der Waals surface area (Å²) in [5.74, 6) is -0.541. The number of hydrogen-bond acceptors (Lipinski definition) is 6. The standard InChI is InChI=1S/C24H34N4O6/c1-23(2,3)20-13-21(27(26(20)6)14-17-8-7-11-33-17)25-22(29)18-12-16(28(31)32)9-10-19(18)34-15-24(4,5)30/h9-10,12-13,17,30H,7-8,11,14-15H2,1-6H3/b25-21+/t17-/m1/s1. The van der Waals surface area contributed by atoms with E-state index in [0.29, 0.717) is 18.6 Å². The van der Waals surface area contributed by atoms with E-state index in [9.17, 15) is 20.0 Å². The predicted molar refractivity (Wildman–Crippen MR) is 126 cm³/mol. The van der Waals surface area contributed by atoms with Gasteiger partial charge in [0.05, 0.1) is 28.7 Å². The largest absolute Gasteiger partial charge is 0.490 e. The second-order valence-electron chi connectivity index (χ2n) is 10.3. The summed E-state index contributed by atoms with van der Waals surface area (Å²) in [7, 11) is 1.92. The third-order valence-corrected chi connectivity index (χ3v) is 5.61. The number of nitro groups is 1. The van der Waals surface area contributed by atoms with Gasteiger partial charge in [-0.3, -0.25) is 24.3 Å². The smallest absolute Gasteiger partial charge is 0.283 e. The molecule has 1 saturated heterocycles. The molecule has 0 radical (unpaired) electrons. The van der Waals surface area contributed by atoms with Crippen LogP contribution in [0.2, 0.25) is 0 Å². The number of aromatic nitrogens is 2. The molecule has 0 spiro atoms. The first-order valence-electron chi connectivity index (χ1n) is 11.4. The number of carbonyl (C=O) groups excluding carboxylic acids is 1. The van der Waals surface area contributed by atoms with Crippen LogP contribution in [0.5, 0.6) is 5.75 Å². The number of nitro benzene ring substituents is 1. The average Bonchev–Trinajstić information content (AvgIpc) is 3.35. The Kier molecular flexibility index (Phi) is 7.32. The molecule has 10 nitrogen and oxygen atoms in total. The summed E-state index contributed by atoms with van der Waals surface area (Å²) < 4.78 is 15.3. The monoisotopic (exact) mass is 474 g/mol. The molecule has 1 amide bonds. The highest BCUT2D eigenvalue weighted by Gasteiger charge is 2.25. The van der Waals surface area contributed by atoms with Gasteiger partial charge in [0.1, 0.15) is 12.4 Å². The summed E-state index contributed by atoms with van der Waals surface area (Å²) in [6, 6.07) is 5.64. The molecule has 2 aromatic rings. The first-order chi connectivity index (χ1) is 15.8. The van der Waals surface area contributed by atoms with E-state index in [4.69, 9.17) is 9.47 Å². The lowest BCUT2D eigenvalue weighted by Crippen LogP contribution is -2.30. The molecule has 2 heterocycles. The minimum Gasteiger partial charge on any atom is -0.490 e. The molecule has 1 aliphatic heterocycles. The van der Waals surface area contributed by atoms with Crippen LogP contribution < -0.4 is 10.2 Å². The summed E-state index contributed by atoms with van der Waals surface area (Å²) in [6.45, 7) is 10.5. The second-order valence-corrected chi connectivity index (χ2v) is 10.3. The molecule has 1 atom stereocenters. The van der Waals surface area contributed by atoms with E-state index in [2.05, 4.69) is 25.8 Å². The van der Waals surface area contributed by atoms with Crippen molar-refractivity contribution in [1.29, 1.82) is 0 Å². The van der Waals surface area contributed by atoms with Crippen molar-refractivity contribution in [1.82, 2.24) is 9.36 Å². The maximum absolute atomic E-state index is 13.3. The van der Waals surface area contributed by atoms with Crippen molar-refractivity contribution in [2.45, 2.75) is 71.1 Å². The maximum Gasteiger partial charge on any atom is 0.283 e. The molecule has 0 bridgehead atoms. The lowest BCUT2D eigenvalue weighted by Gasteiger charge is -2.21. The number of nitrogens with zero attached hydrogens (tertiary/aromatic N) is 4. The number of aliphatic hydroxyl groups is 1. The molecule has 0 aliphatic carbocycles. The quantitative estimate of drug-likeness (QED) is 0.486. The fraction of sp³-hybridized carbons (Fsp3) is 0.583. The van der Waals surface area contributed by atoms with Crippen molar-refractivity contribution in [2.75, 3.05) is 13.2 Å². The third kappa shape index (κ3) is 6.12. The first-order valence-corrected chi connectivity index (χ1v) is 11.4. The zero-order valence-electron chi connectivity index (χ0n) is 20.7. The van der Waals surface area contributed by atoms with E-state index in [1.165, 1.54) is 12.1 Å². The lowest BCUT2D eigenvalue weighted by atomic mass is 9.92. The van der Waals surface area contributed by atoms with Gasteiger partial charge >= 0.3 is 0 Å². The molecular formula is C24H34N4O6. The van der Waals surface area contributed by atoms with Gasteiger partial charge in [-0.05, 0) is 32.8 Å². The van der Waals surface area contributed by atoms with Gasteiger partial charge in [0, 0.05) is 43.0 Å². The Morgan fingerprint density at radius 1 is 1.29 bits per heavy atom. The Labute approximate surface area is 199 Å². The second kappa shape index (κ2) is 9.71. The molecule has 1 aromatic heterocycles. The Morgan fingerprint density at radius 3 is 2.56 bits per heavy atom. The molecule has 34 heavy (non-hydrogen) atoms. The van der Waals surface area contributed by atoms with Crippen LogP contribution in [0.4, 0.5) is 5.69 Å². The van der Waals surface area contributed by atoms with Gasteiger partial charge < -0.3 is 14.6 Å². The zero-order valence-corrected chi connectivity index (χ0v) is 20.7. The van der Waals surface area contributed by atoms with Crippen LogP contribution in [0.1, 0.15) is 63.5 Å². The minimum absolute atomic E-state index is 0.0268. The van der Waals surface area contributed by atoms with Gasteiger partial charge in [-0.1, -0.05) is 20.8 Å². The van der Waals surface area contributed by atoms with Gasteiger partial charge in [0.25, 0.3) is 11.6 Å². The van der Waals surface area contributed by atoms with Crippen LogP contribution in [0.3, 0.4) is 0 Å². The summed E-state index contributed by atoms with van der Waals surface area (Å²) in [5, 5.41) is 21.3. The molecule has 1 aromatic carbocycles. The van der Waals surface area contributed by atoms with Crippen LogP contribution in [0.25, 0.3) is 0 Å². The third-order valence-electron chi connectivity index (χ3n) is 5.61. The molecule has 0 unspecified atom stereocenters. The molecule has 1 fully saturated rings. The van der Waals surface area contributed by atoms with E-state index in [-0.39, 0.29) is 35.1 Å². The summed E-state index contributed by atoms with van der Waals surface area (Å²) in [6.07, 6.45) is 1.94. The topological polar surface area (TPSA) is 121 Å². The number of hydrogen-bond donors (Lipinski definition) is 1. The molecule has 1 N–H and O–H groups in total. The maximum atomic E-state index is 13.3. The van der Waals surface area contributed by atoms with Crippen molar-refractivity contribution in [2.24, 2.45) is 12.0 Å². The van der Waals surface area contributed by atoms with Crippen molar-refractivity contribution in [3.05, 3.63) is 51.1 Å². The summed E-state index contributed by atoms with van der Waals surface area (Å²) in [5.41, 5.74) is -0.211. The fourth-order valence-electron chi connectivity index (χ4n) is 3.91. The van der Waals surface area contributed by atoms with Crippen LogP contribution in [0, 0.1) is 10.1 Å². The molecular weight excluding hydrogens is 440 g/mol. The number of ether oxygens (including phenoxy) is 2. The van der Waals surface area contributed by atoms with Gasteiger partial charge in [-0.25, -0.2) is 0 Å². The van der Waals surface area contributed by atoms with Gasteiger partial charge in [0.2, 0.25) is 0 Å². The highest BCUT2D eigenvalue weighted by Crippen LogP contribution is 2.26. The van der Waals surface area contributed by atoms with Crippen molar-refractivity contribution in [3.63, 3.8) is 0 Å². The summed E-state index contributed by atoms with van der Waals surface area (Å²) in [4.78, 5) is 28.4. The molecule has 0 saturated carbocycles. The van der Waals surface area contributed by atoms with E-state index in [0.717, 1.165) is 24.6 Å². The van der Waals surface area contributed by atoms with Gasteiger partial charge in [-0.2, -0.15) is 4.99 Å². The number of rotatable bonds is 7. The number of non-ortho nitro benzene ring substituents is 1. The highest BCUT2D eigenvalue weighted by atomic mass is 16.6. The Hall–Kier alpha value is -2.98. The molecule has 3 rings (SSSR count). The van der Waals surface area contributed by atoms with E-state index in [1.807, 2.05) is 22.5 Å². The molecule has 1 aliphatic rings. The van der Waals surface area contributed by atoms with Crippen molar-refractivity contribution >= 4 is 11.6 Å². The molecule has 186 valence electrons. The van der Waals surface area contributed by atoms with E-state index >= 15 is 0 Å². The van der Waals surface area contributed by atoms with Crippen molar-refractivity contribution in [3.8, 4) is 5.75 Å². The van der Waals surface area contributed by atoms with Crippen LogP contribution >= 0.6 is 0 Å². The van der Waals surface area contributed by atoms with Gasteiger partial charge in [0.15, 0.2) is 5.49 Å². The normalized spacial score (nSPS) is 17.3. The fourth-order valence-corrected chi connectivity index (χ4v) is 3.91. The number of amides is 1. The zero-order chi connectivity index (χ0) is 25.3. The Morgan fingerprint density at radius 2 is 2.00 bits per heavy atom. The number of carbonyl (C=O) groups is 1. The SMILES string of the molecule is Cn1c(C(C)(C)C)c/c(=N\C(=O)c2cc([N+](=O)[O-])ccc2OCC(C)(C)O)n1C[C@H]1CCCO1. The number of benzene rings is 1. The van der Waals surface area contributed by atoms with Crippen LogP contribution in [0.15, 0.2) is 29.3 Å². The average molecular weight is 475 g/mol. The van der Waals surface area contributed by atoms with E-state index < -0.39 is 16.4 Å².